The van der Waals surface area contributed by atoms with E-state index in [1.54, 1.807) is 25.1 Å². The number of aryl methyl sites for hydroxylation is 1. The van der Waals surface area contributed by atoms with E-state index in [1.807, 2.05) is 0 Å². The standard InChI is InChI=1S/C24H31N3O7S2/c1-18-6-7-19(16-23(18)36(31,32)27-12-3-2-4-13-27)26-24(28)10-11-25-35(29,30)20-8-9-21-22(17-20)34-15-5-14-33-21/h6-9,16-17,25H,2-5,10-15H2,1H3,(H,26,28). The molecule has 2 aromatic rings. The summed E-state index contributed by atoms with van der Waals surface area (Å²) in [6, 6.07) is 9.11. The molecule has 0 unspecified atom stereocenters. The number of anilines is 1. The van der Waals surface area contributed by atoms with Crippen LogP contribution in [0.2, 0.25) is 0 Å². The second-order valence-corrected chi connectivity index (χ2v) is 12.5. The van der Waals surface area contributed by atoms with Gasteiger partial charge >= 0.3 is 0 Å². The van der Waals surface area contributed by atoms with Crippen LogP contribution in [0.15, 0.2) is 46.2 Å². The van der Waals surface area contributed by atoms with Crippen LogP contribution >= 0.6 is 0 Å². The van der Waals surface area contributed by atoms with Crippen LogP contribution in [0.1, 0.15) is 37.7 Å². The first-order valence-electron chi connectivity index (χ1n) is 12.0. The highest BCUT2D eigenvalue weighted by molar-refractivity contribution is 7.89. The number of nitrogens with one attached hydrogen (secondary N) is 2. The number of rotatable bonds is 8. The minimum absolute atomic E-state index is 0.0123. The van der Waals surface area contributed by atoms with E-state index >= 15 is 0 Å². The van der Waals surface area contributed by atoms with Crippen molar-refractivity contribution in [2.75, 3.05) is 38.2 Å². The van der Waals surface area contributed by atoms with Gasteiger partial charge in [-0.1, -0.05) is 12.5 Å². The molecule has 0 aromatic heterocycles. The molecular weight excluding hydrogens is 506 g/mol. The van der Waals surface area contributed by atoms with Gasteiger partial charge in [0.15, 0.2) is 11.5 Å². The lowest BCUT2D eigenvalue weighted by Crippen LogP contribution is -2.36. The number of sulfonamides is 2. The molecule has 0 atom stereocenters. The van der Waals surface area contributed by atoms with Crippen LogP contribution in [-0.2, 0) is 24.8 Å². The van der Waals surface area contributed by atoms with Crippen LogP contribution in [0.4, 0.5) is 5.69 Å². The van der Waals surface area contributed by atoms with Gasteiger partial charge in [0, 0.05) is 44.2 Å². The molecule has 0 spiro atoms. The number of benzene rings is 2. The molecule has 0 radical (unpaired) electrons. The smallest absolute Gasteiger partial charge is 0.243 e. The summed E-state index contributed by atoms with van der Waals surface area (Å²) in [5.41, 5.74) is 0.938. The topological polar surface area (TPSA) is 131 Å². The molecule has 1 amide bonds. The lowest BCUT2D eigenvalue weighted by molar-refractivity contribution is -0.116. The van der Waals surface area contributed by atoms with E-state index in [9.17, 15) is 21.6 Å². The molecular formula is C24H31N3O7S2. The van der Waals surface area contributed by atoms with Gasteiger partial charge in [-0.05, 0) is 49.6 Å². The first-order chi connectivity index (χ1) is 17.2. The molecule has 0 bridgehead atoms. The van der Waals surface area contributed by atoms with E-state index < -0.39 is 26.0 Å². The Hall–Kier alpha value is -2.67. The van der Waals surface area contributed by atoms with Gasteiger partial charge in [-0.25, -0.2) is 21.6 Å². The van der Waals surface area contributed by atoms with E-state index in [-0.39, 0.29) is 22.8 Å². The van der Waals surface area contributed by atoms with Gasteiger partial charge in [-0.2, -0.15) is 4.31 Å². The summed E-state index contributed by atoms with van der Waals surface area (Å²) in [6.07, 6.45) is 3.25. The summed E-state index contributed by atoms with van der Waals surface area (Å²) < 4.78 is 66.5. The first kappa shape index (κ1) is 26.4. The molecule has 196 valence electrons. The lowest BCUT2D eigenvalue weighted by atomic mass is 10.2. The number of ether oxygens (including phenoxy) is 2. The zero-order chi connectivity index (χ0) is 25.8. The quantitative estimate of drug-likeness (QED) is 0.529. The summed E-state index contributed by atoms with van der Waals surface area (Å²) in [4.78, 5) is 12.6. The number of hydrogen-bond acceptors (Lipinski definition) is 7. The number of carbonyl (C=O) groups excluding carboxylic acids is 1. The minimum Gasteiger partial charge on any atom is -0.490 e. The van der Waals surface area contributed by atoms with Crippen molar-refractivity contribution in [2.45, 2.75) is 48.8 Å². The molecule has 12 heteroatoms. The van der Waals surface area contributed by atoms with Gasteiger partial charge in [0.25, 0.3) is 0 Å². The maximum absolute atomic E-state index is 13.1. The van der Waals surface area contributed by atoms with Crippen LogP contribution in [0.25, 0.3) is 0 Å². The van der Waals surface area contributed by atoms with Gasteiger partial charge in [-0.3, -0.25) is 4.79 Å². The van der Waals surface area contributed by atoms with Crippen molar-refractivity contribution in [3.63, 3.8) is 0 Å². The van der Waals surface area contributed by atoms with Gasteiger partial charge < -0.3 is 14.8 Å². The van der Waals surface area contributed by atoms with Crippen LogP contribution in [0.3, 0.4) is 0 Å². The average Bonchev–Trinajstić information content (AvgIpc) is 3.10. The normalized spacial score (nSPS) is 16.8. The lowest BCUT2D eigenvalue weighted by Gasteiger charge is -2.26. The fraction of sp³-hybridized carbons (Fsp3) is 0.458. The molecule has 1 fully saturated rings. The van der Waals surface area contributed by atoms with E-state index in [4.69, 9.17) is 9.47 Å². The Bertz CT molecular complexity index is 1320. The monoisotopic (exact) mass is 537 g/mol. The fourth-order valence-corrected chi connectivity index (χ4v) is 6.93. The number of carbonyl (C=O) groups is 1. The van der Waals surface area contributed by atoms with Crippen molar-refractivity contribution in [1.82, 2.24) is 9.03 Å². The SMILES string of the molecule is Cc1ccc(NC(=O)CCNS(=O)(=O)c2ccc3c(c2)OCCCO3)cc1S(=O)(=O)N1CCCCC1. The third-order valence-corrected chi connectivity index (χ3v) is 9.58. The number of hydrogen-bond donors (Lipinski definition) is 2. The molecule has 0 aliphatic carbocycles. The fourth-order valence-electron chi connectivity index (χ4n) is 4.12. The average molecular weight is 538 g/mol. The Kier molecular flexibility index (Phi) is 8.18. The highest BCUT2D eigenvalue weighted by Gasteiger charge is 2.27. The zero-order valence-corrected chi connectivity index (χ0v) is 21.8. The predicted molar refractivity (Wildman–Crippen MR) is 134 cm³/mol. The second kappa shape index (κ2) is 11.2. The molecule has 10 nitrogen and oxygen atoms in total. The van der Waals surface area contributed by atoms with Crippen LogP contribution in [0.5, 0.6) is 11.5 Å². The third-order valence-electron chi connectivity index (χ3n) is 6.08. The Morgan fingerprint density at radius 1 is 0.917 bits per heavy atom. The van der Waals surface area contributed by atoms with Crippen LogP contribution in [-0.4, -0.2) is 59.9 Å². The summed E-state index contributed by atoms with van der Waals surface area (Å²) in [7, 11) is -7.52. The molecule has 0 saturated carbocycles. The van der Waals surface area contributed by atoms with Gasteiger partial charge in [0.1, 0.15) is 0 Å². The number of piperidine rings is 1. The molecule has 2 heterocycles. The molecule has 2 aliphatic heterocycles. The molecule has 1 saturated heterocycles. The van der Waals surface area contributed by atoms with Crippen molar-refractivity contribution in [3.8, 4) is 11.5 Å². The van der Waals surface area contributed by atoms with E-state index in [1.165, 1.54) is 22.5 Å². The number of nitrogens with zero attached hydrogens (tertiary/aromatic N) is 1. The Labute approximate surface area is 212 Å². The highest BCUT2D eigenvalue weighted by Crippen LogP contribution is 2.32. The van der Waals surface area contributed by atoms with Crippen molar-refractivity contribution in [1.29, 1.82) is 0 Å². The van der Waals surface area contributed by atoms with Gasteiger partial charge in [0.05, 0.1) is 23.0 Å². The first-order valence-corrected chi connectivity index (χ1v) is 14.9. The molecule has 2 aliphatic rings. The Balaban J connectivity index is 1.36. The second-order valence-electron chi connectivity index (χ2n) is 8.80. The van der Waals surface area contributed by atoms with Gasteiger partial charge in [0.2, 0.25) is 26.0 Å². The predicted octanol–water partition coefficient (Wildman–Crippen LogP) is 2.64. The summed E-state index contributed by atoms with van der Waals surface area (Å²) in [5.74, 6) is 0.412. The van der Waals surface area contributed by atoms with E-state index in [2.05, 4.69) is 10.0 Å². The van der Waals surface area contributed by atoms with Crippen molar-refractivity contribution >= 4 is 31.6 Å². The third kappa shape index (κ3) is 6.17. The van der Waals surface area contributed by atoms with Gasteiger partial charge in [-0.15, -0.1) is 0 Å². The maximum Gasteiger partial charge on any atom is 0.243 e. The highest BCUT2D eigenvalue weighted by atomic mass is 32.2. The van der Waals surface area contributed by atoms with Crippen molar-refractivity contribution < 1.29 is 31.1 Å². The Morgan fingerprint density at radius 3 is 2.39 bits per heavy atom. The minimum atomic E-state index is -3.87. The summed E-state index contributed by atoms with van der Waals surface area (Å²) in [5, 5.41) is 2.67. The number of amides is 1. The largest absolute Gasteiger partial charge is 0.490 e. The molecule has 2 aromatic carbocycles. The summed E-state index contributed by atoms with van der Waals surface area (Å²) in [6.45, 7) is 3.50. The Morgan fingerprint density at radius 2 is 1.64 bits per heavy atom. The van der Waals surface area contributed by atoms with Crippen molar-refractivity contribution in [3.05, 3.63) is 42.0 Å². The van der Waals surface area contributed by atoms with Crippen LogP contribution < -0.4 is 19.5 Å². The van der Waals surface area contributed by atoms with E-state index in [0.717, 1.165) is 19.3 Å². The molecule has 36 heavy (non-hydrogen) atoms. The maximum atomic E-state index is 13.1. The number of fused-ring (bicyclic) bond motifs is 1. The van der Waals surface area contributed by atoms with Crippen molar-refractivity contribution in [2.24, 2.45) is 0 Å². The zero-order valence-electron chi connectivity index (χ0n) is 20.2. The molecule has 2 N–H and O–H groups in total. The van der Waals surface area contributed by atoms with E-state index in [0.29, 0.717) is 55.5 Å². The summed E-state index contributed by atoms with van der Waals surface area (Å²) >= 11 is 0. The molecule has 4 rings (SSSR count). The van der Waals surface area contributed by atoms with Crippen LogP contribution in [0, 0.1) is 6.92 Å².